The third kappa shape index (κ3) is 3.82. The Balaban J connectivity index is 2.98. The van der Waals surface area contributed by atoms with Gasteiger partial charge in [-0.3, -0.25) is 4.52 Å². The Morgan fingerprint density at radius 1 is 2.00 bits per heavy atom. The van der Waals surface area contributed by atoms with Gasteiger partial charge < -0.3 is 10.8 Å². The lowest BCUT2D eigenvalue weighted by Crippen LogP contribution is -2.23. The summed E-state index contributed by atoms with van der Waals surface area (Å²) in [6.45, 7) is -0.310. The van der Waals surface area contributed by atoms with Gasteiger partial charge in [0.15, 0.2) is 0 Å². The fraction of sp³-hybridized carbons (Fsp3) is 1.00. The summed E-state index contributed by atoms with van der Waals surface area (Å²) < 4.78 is 13.6. The van der Waals surface area contributed by atoms with Crippen LogP contribution < -0.4 is 5.73 Å². The number of nitrogens with two attached hydrogens (primary N) is 1. The van der Waals surface area contributed by atoms with Crippen LogP contribution >= 0.6 is 8.69 Å². The van der Waals surface area contributed by atoms with E-state index in [2.05, 4.69) is 4.52 Å². The number of rotatable bonds is 3. The molecule has 5 heteroatoms. The summed E-state index contributed by atoms with van der Waals surface area (Å²) in [5, 5.41) is 8.07. The van der Waals surface area contributed by atoms with Gasteiger partial charge in [-0.15, -0.1) is 0 Å². The van der Waals surface area contributed by atoms with Gasteiger partial charge >= 0.3 is 8.69 Å². The molecule has 7 heavy (non-hydrogen) atoms. The maximum atomic E-state index is 9.46. The Bertz CT molecular complexity index is 58.9. The van der Waals surface area contributed by atoms with Crippen molar-refractivity contribution in [2.24, 2.45) is 5.73 Å². The molecule has 42 valence electrons. The second-order valence-electron chi connectivity index (χ2n) is 0.901. The maximum absolute atomic E-state index is 9.46. The minimum atomic E-state index is -0.820. The van der Waals surface area contributed by atoms with Gasteiger partial charge in [0.1, 0.15) is 6.23 Å². The normalized spacial score (nSPS) is 14.6. The first-order valence-corrected chi connectivity index (χ1v) is 2.39. The zero-order chi connectivity index (χ0) is 5.70. The van der Waals surface area contributed by atoms with E-state index in [-0.39, 0.29) is 6.61 Å². The van der Waals surface area contributed by atoms with Gasteiger partial charge in [-0.2, -0.15) is 0 Å². The quantitative estimate of drug-likeness (QED) is 0.391. The third-order valence-electron chi connectivity index (χ3n) is 0.358. The van der Waals surface area contributed by atoms with E-state index in [0.29, 0.717) is 0 Å². The molecule has 0 heterocycles. The lowest BCUT2D eigenvalue weighted by molar-refractivity contribution is 0.133. The summed E-state index contributed by atoms with van der Waals surface area (Å²) in [7, 11) is -0.495. The summed E-state index contributed by atoms with van der Waals surface area (Å²) in [5.41, 5.74) is 4.90. The predicted octanol–water partition coefficient (Wildman–Crippen LogP) is -0.513. The Hall–Kier alpha value is -0.0200. The van der Waals surface area contributed by atoms with Gasteiger partial charge in [-0.1, -0.05) is 0 Å². The van der Waals surface area contributed by atoms with Gasteiger partial charge in [0.2, 0.25) is 0 Å². The van der Waals surface area contributed by atoms with Crippen LogP contribution in [0.5, 0.6) is 0 Å². The summed E-state index contributed by atoms with van der Waals surface area (Å²) in [4.78, 5) is 0. The minimum Gasteiger partial charge on any atom is -0.392 e. The number of hydrogen-bond acceptors (Lipinski definition) is 4. The van der Waals surface area contributed by atoms with Gasteiger partial charge in [-0.25, -0.2) is 4.57 Å². The molecule has 0 amide bonds. The molecule has 0 aliphatic rings. The molecule has 0 aliphatic carbocycles. The molecule has 1 atom stereocenters. The molecule has 0 rings (SSSR count). The molecule has 0 aromatic rings. The largest absolute Gasteiger partial charge is 0.392 e. The molecule has 0 saturated heterocycles. The van der Waals surface area contributed by atoms with Crippen LogP contribution in [0.2, 0.25) is 0 Å². The first-order valence-electron chi connectivity index (χ1n) is 1.66. The van der Waals surface area contributed by atoms with E-state index < -0.39 is 14.9 Å². The molecule has 4 nitrogen and oxygen atoms in total. The van der Waals surface area contributed by atoms with E-state index in [1.807, 2.05) is 0 Å². The van der Waals surface area contributed by atoms with Crippen LogP contribution in [0, 0.1) is 0 Å². The summed E-state index contributed by atoms with van der Waals surface area (Å²) in [5.74, 6) is 0. The summed E-state index contributed by atoms with van der Waals surface area (Å²) in [6.07, 6.45) is -0.820. The molecule has 1 unspecified atom stereocenters. The fourth-order valence-electron chi connectivity index (χ4n) is 0.0886. The van der Waals surface area contributed by atoms with Crippen molar-refractivity contribution in [2.75, 3.05) is 6.61 Å². The highest BCUT2D eigenvalue weighted by molar-refractivity contribution is 7.17. The smallest absolute Gasteiger partial charge is 0.329 e. The second kappa shape index (κ2) is 4.15. The second-order valence-corrected chi connectivity index (χ2v) is 1.26. The maximum Gasteiger partial charge on any atom is 0.329 e. The molecule has 0 saturated carbocycles. The van der Waals surface area contributed by atoms with Crippen molar-refractivity contribution in [2.45, 2.75) is 6.23 Å². The molecule has 3 N–H and O–H groups in total. The molecule has 0 spiro atoms. The molecule has 0 fully saturated rings. The van der Waals surface area contributed by atoms with Crippen LogP contribution in [-0.2, 0) is 9.09 Å². The van der Waals surface area contributed by atoms with Crippen molar-refractivity contribution in [3.63, 3.8) is 0 Å². The van der Waals surface area contributed by atoms with E-state index in [1.165, 1.54) is 0 Å². The molecule has 0 aromatic carbocycles. The number of aliphatic hydroxyl groups excluding tert-OH is 1. The molecule has 0 radical (unpaired) electrons. The van der Waals surface area contributed by atoms with Crippen LogP contribution in [0.15, 0.2) is 0 Å². The first kappa shape index (κ1) is 6.98. The highest BCUT2D eigenvalue weighted by Crippen LogP contribution is 1.95. The minimum absolute atomic E-state index is 0.310. The average Bonchev–Trinajstić information content (AvgIpc) is 1.68. The zero-order valence-electron chi connectivity index (χ0n) is 3.57. The van der Waals surface area contributed by atoms with Gasteiger partial charge in [0.05, 0.1) is 6.61 Å². The van der Waals surface area contributed by atoms with Crippen molar-refractivity contribution in [3.8, 4) is 0 Å². The molecule has 0 aromatic heterocycles. The number of aliphatic hydroxyl groups is 1. The van der Waals surface area contributed by atoms with E-state index >= 15 is 0 Å². The van der Waals surface area contributed by atoms with Crippen LogP contribution in [0.1, 0.15) is 0 Å². The lowest BCUT2D eigenvalue weighted by atomic mass is 10.7. The van der Waals surface area contributed by atoms with Crippen LogP contribution in [0.4, 0.5) is 0 Å². The van der Waals surface area contributed by atoms with Crippen LogP contribution in [-0.4, -0.2) is 17.9 Å². The van der Waals surface area contributed by atoms with Gasteiger partial charge in [0, 0.05) is 0 Å². The first-order chi connectivity index (χ1) is 3.31. The third-order valence-corrected chi connectivity index (χ3v) is 0.715. The highest BCUT2D eigenvalue weighted by atomic mass is 31.1. The van der Waals surface area contributed by atoms with Gasteiger partial charge in [0.25, 0.3) is 0 Å². The van der Waals surface area contributed by atoms with Crippen LogP contribution in [0.25, 0.3) is 0 Å². The van der Waals surface area contributed by atoms with E-state index in [0.717, 1.165) is 0 Å². The molecule has 0 bridgehead atoms. The van der Waals surface area contributed by atoms with Crippen molar-refractivity contribution in [1.29, 1.82) is 0 Å². The highest BCUT2D eigenvalue weighted by Gasteiger charge is 1.95. The summed E-state index contributed by atoms with van der Waals surface area (Å²) in [6, 6.07) is 0. The SMILES string of the molecule is NC(CO)OP=O. The predicted molar refractivity (Wildman–Crippen MR) is 23.8 cm³/mol. The lowest BCUT2D eigenvalue weighted by Gasteiger charge is -1.98. The number of hydrogen-bond donors (Lipinski definition) is 2. The Kier molecular flexibility index (Phi) is 4.14. The van der Waals surface area contributed by atoms with Crippen molar-refractivity contribution in [1.82, 2.24) is 0 Å². The molecular formula is C2H6NO3P. The Labute approximate surface area is 42.6 Å². The summed E-state index contributed by atoms with van der Waals surface area (Å²) >= 11 is 0. The topological polar surface area (TPSA) is 72.6 Å². The average molecular weight is 123 g/mol. The van der Waals surface area contributed by atoms with Crippen molar-refractivity contribution in [3.05, 3.63) is 0 Å². The Morgan fingerprint density at radius 3 is 2.71 bits per heavy atom. The molecule has 0 aliphatic heterocycles. The fourth-order valence-corrected chi connectivity index (χ4v) is 0.266. The van der Waals surface area contributed by atoms with Crippen molar-refractivity contribution < 1.29 is 14.2 Å². The monoisotopic (exact) mass is 123 g/mol. The van der Waals surface area contributed by atoms with Crippen LogP contribution in [0.3, 0.4) is 0 Å². The van der Waals surface area contributed by atoms with E-state index in [4.69, 9.17) is 10.8 Å². The van der Waals surface area contributed by atoms with Gasteiger partial charge in [-0.05, 0) is 0 Å². The van der Waals surface area contributed by atoms with Crippen molar-refractivity contribution >= 4 is 8.69 Å². The van der Waals surface area contributed by atoms with E-state index in [1.54, 1.807) is 0 Å². The Morgan fingerprint density at radius 2 is 2.57 bits per heavy atom. The van der Waals surface area contributed by atoms with E-state index in [9.17, 15) is 4.57 Å². The zero-order valence-corrected chi connectivity index (χ0v) is 4.47. The standard InChI is InChI=1S/C2H6NO3P/c3-2(1-4)6-7-5/h2,4H,1,3H2. The molecular weight excluding hydrogens is 117 g/mol.